The number of rotatable bonds is 2. The number of furan rings is 1. The van der Waals surface area contributed by atoms with Crippen LogP contribution < -0.4 is 0 Å². The van der Waals surface area contributed by atoms with E-state index < -0.39 is 34.6 Å². The van der Waals surface area contributed by atoms with E-state index in [0.29, 0.717) is 10.9 Å². The maximum atomic E-state index is 14.6. The third-order valence-corrected chi connectivity index (χ3v) is 6.79. The molecular formula is C30H14F5NO. The number of para-hydroxylation sites is 2. The molecule has 7 aromatic rings. The maximum Gasteiger partial charge on any atom is 0.200 e. The summed E-state index contributed by atoms with van der Waals surface area (Å²) in [7, 11) is 0. The topological polar surface area (TPSA) is 18.1 Å². The van der Waals surface area contributed by atoms with Crippen LogP contribution in [0.5, 0.6) is 0 Å². The lowest BCUT2D eigenvalue weighted by Gasteiger charge is -2.10. The Kier molecular flexibility index (Phi) is 4.48. The molecule has 0 N–H and O–H groups in total. The molecule has 2 nitrogen and oxygen atoms in total. The first-order chi connectivity index (χ1) is 17.9. The molecule has 0 aliphatic carbocycles. The van der Waals surface area contributed by atoms with Gasteiger partial charge in [0.25, 0.3) is 0 Å². The van der Waals surface area contributed by atoms with Crippen LogP contribution in [0.4, 0.5) is 22.0 Å². The minimum absolute atomic E-state index is 0.112. The highest BCUT2D eigenvalue weighted by molar-refractivity contribution is 6.11. The molecule has 5 aromatic carbocycles. The average molecular weight is 499 g/mol. The summed E-state index contributed by atoms with van der Waals surface area (Å²) in [6.07, 6.45) is 0. The van der Waals surface area contributed by atoms with Gasteiger partial charge in [0.2, 0.25) is 5.82 Å². The molecule has 2 aromatic heterocycles. The molecule has 0 radical (unpaired) electrons. The van der Waals surface area contributed by atoms with Gasteiger partial charge in [-0.15, -0.1) is 0 Å². The Balaban J connectivity index is 1.52. The third-order valence-electron chi connectivity index (χ3n) is 6.79. The molecule has 0 atom stereocenters. The lowest BCUT2D eigenvalue weighted by atomic mass is 10.0. The molecule has 0 fully saturated rings. The number of nitrogens with zero attached hydrogens (tertiary/aromatic N) is 1. The van der Waals surface area contributed by atoms with Crippen LogP contribution in [0.3, 0.4) is 0 Å². The lowest BCUT2D eigenvalue weighted by Crippen LogP contribution is -2.04. The van der Waals surface area contributed by atoms with Crippen LogP contribution in [0.2, 0.25) is 0 Å². The zero-order chi connectivity index (χ0) is 25.4. The Morgan fingerprint density at radius 3 is 1.89 bits per heavy atom. The van der Waals surface area contributed by atoms with Crippen molar-refractivity contribution in [1.82, 2.24) is 4.57 Å². The summed E-state index contributed by atoms with van der Waals surface area (Å²) in [6.45, 7) is 0. The Hall–Kier alpha value is -4.65. The first-order valence-corrected chi connectivity index (χ1v) is 11.4. The second-order valence-electron chi connectivity index (χ2n) is 8.81. The van der Waals surface area contributed by atoms with E-state index in [0.717, 1.165) is 38.5 Å². The number of fused-ring (bicyclic) bond motifs is 6. The van der Waals surface area contributed by atoms with Crippen molar-refractivity contribution < 1.29 is 26.4 Å². The SMILES string of the molecule is Fc1c(F)c(F)c(-c2ccc3c(c2)c2ccccc2n3-c2ccc3oc4ccccc4c3c2)c(F)c1F. The smallest absolute Gasteiger partial charge is 0.200 e. The van der Waals surface area contributed by atoms with Crippen LogP contribution in [0.25, 0.3) is 60.6 Å². The van der Waals surface area contributed by atoms with Gasteiger partial charge in [0, 0.05) is 27.2 Å². The Morgan fingerprint density at radius 2 is 1.11 bits per heavy atom. The molecule has 0 saturated heterocycles. The molecular weight excluding hydrogens is 485 g/mol. The van der Waals surface area contributed by atoms with Crippen LogP contribution in [0.1, 0.15) is 0 Å². The van der Waals surface area contributed by atoms with E-state index >= 15 is 0 Å². The van der Waals surface area contributed by atoms with Crippen molar-refractivity contribution in [3.05, 3.63) is 114 Å². The molecule has 0 unspecified atom stereocenters. The highest BCUT2D eigenvalue weighted by Gasteiger charge is 2.27. The number of hydrogen-bond acceptors (Lipinski definition) is 1. The maximum absolute atomic E-state index is 14.6. The van der Waals surface area contributed by atoms with E-state index in [1.165, 1.54) is 12.1 Å². The summed E-state index contributed by atoms with van der Waals surface area (Å²) in [5, 5.41) is 3.26. The predicted octanol–water partition coefficient (Wildman–Crippen LogP) is 9.05. The Labute approximate surface area is 205 Å². The van der Waals surface area contributed by atoms with Gasteiger partial charge in [0.15, 0.2) is 23.3 Å². The molecule has 0 aliphatic heterocycles. The van der Waals surface area contributed by atoms with Gasteiger partial charge < -0.3 is 8.98 Å². The fraction of sp³-hybridized carbons (Fsp3) is 0. The molecule has 0 amide bonds. The van der Waals surface area contributed by atoms with Crippen LogP contribution in [0.15, 0.2) is 89.3 Å². The molecule has 37 heavy (non-hydrogen) atoms. The van der Waals surface area contributed by atoms with Crippen LogP contribution in [-0.2, 0) is 0 Å². The summed E-state index contributed by atoms with van der Waals surface area (Å²) in [6, 6.07) is 25.4. The zero-order valence-electron chi connectivity index (χ0n) is 18.8. The van der Waals surface area contributed by atoms with Crippen molar-refractivity contribution in [3.8, 4) is 16.8 Å². The minimum atomic E-state index is -2.18. The molecule has 7 rings (SSSR count). The lowest BCUT2D eigenvalue weighted by molar-refractivity contribution is 0.381. The number of aromatic nitrogens is 1. The average Bonchev–Trinajstić information content (AvgIpc) is 3.46. The summed E-state index contributed by atoms with van der Waals surface area (Å²) in [5.41, 5.74) is 2.79. The highest BCUT2D eigenvalue weighted by Crippen LogP contribution is 2.39. The normalized spacial score (nSPS) is 11.9. The number of hydrogen-bond donors (Lipinski definition) is 0. The molecule has 0 bridgehead atoms. The molecule has 2 heterocycles. The van der Waals surface area contributed by atoms with Crippen LogP contribution in [0, 0.1) is 29.1 Å². The summed E-state index contributed by atoms with van der Waals surface area (Å²) < 4.78 is 78.6. The quantitative estimate of drug-likeness (QED) is 0.132. The monoisotopic (exact) mass is 499 g/mol. The summed E-state index contributed by atoms with van der Waals surface area (Å²) >= 11 is 0. The van der Waals surface area contributed by atoms with E-state index in [-0.39, 0.29) is 5.56 Å². The summed E-state index contributed by atoms with van der Waals surface area (Å²) in [4.78, 5) is 0. The van der Waals surface area contributed by atoms with E-state index in [4.69, 9.17) is 4.42 Å². The second-order valence-corrected chi connectivity index (χ2v) is 8.81. The molecule has 180 valence electrons. The van der Waals surface area contributed by atoms with Crippen molar-refractivity contribution in [2.45, 2.75) is 0 Å². The van der Waals surface area contributed by atoms with Gasteiger partial charge in [-0.05, 0) is 48.0 Å². The first-order valence-electron chi connectivity index (χ1n) is 11.4. The van der Waals surface area contributed by atoms with Gasteiger partial charge in [-0.25, -0.2) is 22.0 Å². The highest BCUT2D eigenvalue weighted by atomic mass is 19.2. The van der Waals surface area contributed by atoms with E-state index in [2.05, 4.69) is 0 Å². The number of halogens is 5. The van der Waals surface area contributed by atoms with Gasteiger partial charge in [-0.2, -0.15) is 0 Å². The summed E-state index contributed by atoms with van der Waals surface area (Å²) in [5.74, 6) is -9.86. The zero-order valence-corrected chi connectivity index (χ0v) is 18.8. The van der Waals surface area contributed by atoms with Crippen molar-refractivity contribution in [1.29, 1.82) is 0 Å². The van der Waals surface area contributed by atoms with Crippen molar-refractivity contribution in [3.63, 3.8) is 0 Å². The van der Waals surface area contributed by atoms with Gasteiger partial charge in [0.05, 0.1) is 16.6 Å². The largest absolute Gasteiger partial charge is 0.456 e. The van der Waals surface area contributed by atoms with Crippen molar-refractivity contribution >= 4 is 43.7 Å². The standard InChI is InChI=1S/C30H14F5NO/c31-26-25(27(32)29(34)30(35)28(26)33)15-9-11-22-19(13-15)17-5-1-3-7-21(17)36(22)16-10-12-24-20(14-16)18-6-2-4-8-23(18)37-24/h1-14H. The van der Waals surface area contributed by atoms with Gasteiger partial charge >= 0.3 is 0 Å². The van der Waals surface area contributed by atoms with Crippen LogP contribution >= 0.6 is 0 Å². The second kappa shape index (κ2) is 7.67. The van der Waals surface area contributed by atoms with E-state index in [1.54, 1.807) is 6.07 Å². The molecule has 0 aliphatic rings. The fourth-order valence-electron chi connectivity index (χ4n) is 5.12. The van der Waals surface area contributed by atoms with Crippen molar-refractivity contribution in [2.24, 2.45) is 0 Å². The van der Waals surface area contributed by atoms with E-state index in [9.17, 15) is 22.0 Å². The van der Waals surface area contributed by atoms with Crippen molar-refractivity contribution in [2.75, 3.05) is 0 Å². The van der Waals surface area contributed by atoms with Gasteiger partial charge in [-0.3, -0.25) is 0 Å². The molecule has 7 heteroatoms. The molecule has 0 saturated carbocycles. The third kappa shape index (κ3) is 2.97. The number of benzene rings is 5. The van der Waals surface area contributed by atoms with E-state index in [1.807, 2.05) is 71.3 Å². The Morgan fingerprint density at radius 1 is 0.486 bits per heavy atom. The predicted molar refractivity (Wildman–Crippen MR) is 133 cm³/mol. The van der Waals surface area contributed by atoms with Gasteiger partial charge in [0.1, 0.15) is 11.2 Å². The van der Waals surface area contributed by atoms with Crippen LogP contribution in [-0.4, -0.2) is 4.57 Å². The fourth-order valence-corrected chi connectivity index (χ4v) is 5.12. The Bertz CT molecular complexity index is 2020. The molecule has 0 spiro atoms. The first kappa shape index (κ1) is 21.6. The van der Waals surface area contributed by atoms with Gasteiger partial charge in [-0.1, -0.05) is 42.5 Å². The minimum Gasteiger partial charge on any atom is -0.456 e.